The zero-order chi connectivity index (χ0) is 19.7. The molecule has 1 aromatic heterocycles. The molecule has 0 aliphatic heterocycles. The van der Waals surface area contributed by atoms with Gasteiger partial charge in [-0.1, -0.05) is 12.1 Å². The van der Waals surface area contributed by atoms with Gasteiger partial charge in [0.15, 0.2) is 4.90 Å². The first-order valence-corrected chi connectivity index (χ1v) is 10.2. The molecule has 0 unspecified atom stereocenters. The molecular formula is C14H18N4O6S2. The number of rotatable bonds is 6. The molecule has 0 saturated heterocycles. The SMILES string of the molecule is Cc1[nH]c(=O)[nH]c(=O)c1S(=O)(=O)NCc1ccc(S(=O)(=O)N(C)C)cc1. The molecule has 0 fully saturated rings. The minimum absolute atomic E-state index is 0.0713. The summed E-state index contributed by atoms with van der Waals surface area (Å²) in [5.74, 6) is 0. The first-order chi connectivity index (χ1) is 11.9. The fourth-order valence-electron chi connectivity index (χ4n) is 2.15. The van der Waals surface area contributed by atoms with Crippen LogP contribution in [0.4, 0.5) is 0 Å². The highest BCUT2D eigenvalue weighted by atomic mass is 32.2. The lowest BCUT2D eigenvalue weighted by Gasteiger charge is -2.12. The minimum atomic E-state index is -4.18. The van der Waals surface area contributed by atoms with Gasteiger partial charge in [-0.25, -0.2) is 30.7 Å². The van der Waals surface area contributed by atoms with Crippen molar-refractivity contribution in [2.45, 2.75) is 23.3 Å². The van der Waals surface area contributed by atoms with Gasteiger partial charge in [-0.3, -0.25) is 9.78 Å². The summed E-state index contributed by atoms with van der Waals surface area (Å²) >= 11 is 0. The lowest BCUT2D eigenvalue weighted by atomic mass is 10.2. The highest BCUT2D eigenvalue weighted by Gasteiger charge is 2.22. The third-order valence-corrected chi connectivity index (χ3v) is 6.89. The summed E-state index contributed by atoms with van der Waals surface area (Å²) in [6.45, 7) is 1.13. The maximum atomic E-state index is 12.3. The summed E-state index contributed by atoms with van der Waals surface area (Å²) in [6, 6.07) is 5.64. The van der Waals surface area contributed by atoms with E-state index in [1.165, 1.54) is 45.3 Å². The van der Waals surface area contributed by atoms with E-state index in [2.05, 4.69) is 9.71 Å². The maximum absolute atomic E-state index is 12.3. The van der Waals surface area contributed by atoms with Gasteiger partial charge in [0.2, 0.25) is 20.0 Å². The van der Waals surface area contributed by atoms with Crippen LogP contribution < -0.4 is 16.0 Å². The summed E-state index contributed by atoms with van der Waals surface area (Å²) in [5, 5.41) is 0. The van der Waals surface area contributed by atoms with Crippen molar-refractivity contribution in [2.75, 3.05) is 14.1 Å². The van der Waals surface area contributed by atoms with Crippen LogP contribution in [0.15, 0.2) is 43.6 Å². The Morgan fingerprint density at radius 1 is 1.00 bits per heavy atom. The molecule has 0 spiro atoms. The van der Waals surface area contributed by atoms with Crippen molar-refractivity contribution >= 4 is 20.0 Å². The molecule has 1 aromatic carbocycles. The van der Waals surface area contributed by atoms with E-state index in [1.54, 1.807) is 0 Å². The fourth-order valence-corrected chi connectivity index (χ4v) is 4.30. The number of hydrogen-bond donors (Lipinski definition) is 3. The van der Waals surface area contributed by atoms with Crippen molar-refractivity contribution in [3.05, 3.63) is 56.4 Å². The number of nitrogens with zero attached hydrogens (tertiary/aromatic N) is 1. The second kappa shape index (κ2) is 7.15. The molecule has 0 aliphatic carbocycles. The number of H-pyrrole nitrogens is 2. The highest BCUT2D eigenvalue weighted by Crippen LogP contribution is 2.14. The van der Waals surface area contributed by atoms with Crippen LogP contribution in [0, 0.1) is 6.92 Å². The van der Waals surface area contributed by atoms with E-state index in [0.29, 0.717) is 5.56 Å². The molecule has 0 radical (unpaired) electrons. The summed E-state index contributed by atoms with van der Waals surface area (Å²) < 4.78 is 51.9. The van der Waals surface area contributed by atoms with Crippen LogP contribution in [0.2, 0.25) is 0 Å². The van der Waals surface area contributed by atoms with E-state index in [9.17, 15) is 26.4 Å². The first-order valence-electron chi connectivity index (χ1n) is 7.29. The average Bonchev–Trinajstić information content (AvgIpc) is 2.52. The molecule has 10 nitrogen and oxygen atoms in total. The van der Waals surface area contributed by atoms with Crippen LogP contribution in [0.3, 0.4) is 0 Å². The monoisotopic (exact) mass is 402 g/mol. The number of aryl methyl sites for hydroxylation is 1. The summed E-state index contributed by atoms with van der Waals surface area (Å²) in [6.07, 6.45) is 0. The Kier molecular flexibility index (Phi) is 5.51. The standard InChI is InChI=1S/C14H18N4O6S2/c1-9-12(13(19)17-14(20)16-9)25(21,22)15-8-10-4-6-11(7-5-10)26(23,24)18(2)3/h4-7,15H,8H2,1-3H3,(H2,16,17,19,20). The number of nitrogens with one attached hydrogen (secondary N) is 3. The van der Waals surface area contributed by atoms with Gasteiger partial charge in [0.25, 0.3) is 5.56 Å². The normalized spacial score (nSPS) is 12.5. The van der Waals surface area contributed by atoms with E-state index in [0.717, 1.165) is 4.31 Å². The molecule has 1 heterocycles. The Morgan fingerprint density at radius 3 is 2.08 bits per heavy atom. The van der Waals surface area contributed by atoms with Crippen molar-refractivity contribution in [3.8, 4) is 0 Å². The highest BCUT2D eigenvalue weighted by molar-refractivity contribution is 7.89. The summed E-state index contributed by atoms with van der Waals surface area (Å²) in [4.78, 5) is 26.5. The Hall–Kier alpha value is -2.28. The molecule has 0 amide bonds. The molecule has 12 heteroatoms. The molecule has 2 rings (SSSR count). The van der Waals surface area contributed by atoms with Crippen LogP contribution in [0.1, 0.15) is 11.3 Å². The van der Waals surface area contributed by atoms with Crippen LogP contribution in [0.5, 0.6) is 0 Å². The van der Waals surface area contributed by atoms with E-state index < -0.39 is 36.2 Å². The average molecular weight is 402 g/mol. The molecule has 0 atom stereocenters. The quantitative estimate of drug-likeness (QED) is 0.570. The van der Waals surface area contributed by atoms with Crippen LogP contribution in [-0.2, 0) is 26.6 Å². The predicted molar refractivity (Wildman–Crippen MR) is 93.8 cm³/mol. The van der Waals surface area contributed by atoms with Gasteiger partial charge in [-0.15, -0.1) is 0 Å². The smallest absolute Gasteiger partial charge is 0.310 e. The van der Waals surface area contributed by atoms with Crippen LogP contribution in [-0.4, -0.2) is 45.2 Å². The zero-order valence-electron chi connectivity index (χ0n) is 14.2. The topological polar surface area (TPSA) is 149 Å². The van der Waals surface area contributed by atoms with Gasteiger partial charge in [0.1, 0.15) is 0 Å². The zero-order valence-corrected chi connectivity index (χ0v) is 15.9. The van der Waals surface area contributed by atoms with E-state index in [-0.39, 0.29) is 17.1 Å². The van der Waals surface area contributed by atoms with Gasteiger partial charge in [0, 0.05) is 26.3 Å². The van der Waals surface area contributed by atoms with Crippen molar-refractivity contribution in [3.63, 3.8) is 0 Å². The van der Waals surface area contributed by atoms with Gasteiger partial charge < -0.3 is 4.98 Å². The van der Waals surface area contributed by atoms with E-state index in [4.69, 9.17) is 0 Å². The number of benzene rings is 1. The van der Waals surface area contributed by atoms with E-state index >= 15 is 0 Å². The first kappa shape index (κ1) is 20.0. The van der Waals surface area contributed by atoms with Crippen LogP contribution >= 0.6 is 0 Å². The minimum Gasteiger partial charge on any atom is -0.310 e. The molecule has 26 heavy (non-hydrogen) atoms. The molecule has 142 valence electrons. The second-order valence-electron chi connectivity index (χ2n) is 5.62. The Balaban J connectivity index is 2.24. The summed E-state index contributed by atoms with van der Waals surface area (Å²) in [7, 11) is -4.95. The lowest BCUT2D eigenvalue weighted by molar-refractivity contribution is 0.520. The molecule has 3 N–H and O–H groups in total. The van der Waals surface area contributed by atoms with Crippen LogP contribution in [0.25, 0.3) is 0 Å². The number of aromatic amines is 2. The van der Waals surface area contributed by atoms with Gasteiger partial charge in [0.05, 0.1) is 4.90 Å². The summed E-state index contributed by atoms with van der Waals surface area (Å²) in [5.41, 5.74) is -1.42. The van der Waals surface area contributed by atoms with Crippen molar-refractivity contribution < 1.29 is 16.8 Å². The van der Waals surface area contributed by atoms with Gasteiger partial charge in [-0.05, 0) is 24.6 Å². The molecular weight excluding hydrogens is 384 g/mol. The third kappa shape index (κ3) is 4.09. The fraction of sp³-hybridized carbons (Fsp3) is 0.286. The Morgan fingerprint density at radius 2 is 1.58 bits per heavy atom. The Bertz CT molecular complexity index is 1130. The van der Waals surface area contributed by atoms with Gasteiger partial charge >= 0.3 is 5.69 Å². The van der Waals surface area contributed by atoms with Crippen molar-refractivity contribution in [1.29, 1.82) is 0 Å². The van der Waals surface area contributed by atoms with Crippen molar-refractivity contribution in [2.24, 2.45) is 0 Å². The third-order valence-electron chi connectivity index (χ3n) is 3.51. The molecule has 0 bridgehead atoms. The number of hydrogen-bond acceptors (Lipinski definition) is 6. The molecule has 2 aromatic rings. The maximum Gasteiger partial charge on any atom is 0.325 e. The molecule has 0 aliphatic rings. The second-order valence-corrected chi connectivity index (χ2v) is 9.47. The van der Waals surface area contributed by atoms with E-state index in [1.807, 2.05) is 4.98 Å². The number of sulfonamides is 2. The van der Waals surface area contributed by atoms with Gasteiger partial charge in [-0.2, -0.15) is 0 Å². The lowest BCUT2D eigenvalue weighted by Crippen LogP contribution is -2.34. The molecule has 0 saturated carbocycles. The predicted octanol–water partition coefficient (Wildman–Crippen LogP) is -0.900. The Labute approximate surface area is 150 Å². The van der Waals surface area contributed by atoms with Crippen molar-refractivity contribution in [1.82, 2.24) is 19.0 Å². The number of aromatic nitrogens is 2. The largest absolute Gasteiger partial charge is 0.325 e.